The molecule has 0 saturated heterocycles. The lowest BCUT2D eigenvalue weighted by molar-refractivity contribution is -0.155. The number of hydrogen-bond acceptors (Lipinski definition) is 5. The summed E-state index contributed by atoms with van der Waals surface area (Å²) >= 11 is 0. The van der Waals surface area contributed by atoms with Crippen LogP contribution >= 0.6 is 0 Å². The molecule has 1 aromatic heterocycles. The Kier molecular flexibility index (Phi) is 4.69. The molecule has 1 aliphatic rings. The summed E-state index contributed by atoms with van der Waals surface area (Å²) in [6, 6.07) is 6.99. The van der Waals surface area contributed by atoms with Crippen LogP contribution in [0.25, 0.3) is 11.1 Å². The Morgan fingerprint density at radius 1 is 1.33 bits per heavy atom. The van der Waals surface area contributed by atoms with Crippen LogP contribution in [0.3, 0.4) is 0 Å². The molecule has 1 amide bonds. The number of benzene rings is 1. The van der Waals surface area contributed by atoms with E-state index in [-0.39, 0.29) is 18.5 Å². The van der Waals surface area contributed by atoms with Gasteiger partial charge in [0.2, 0.25) is 0 Å². The molecule has 7 nitrogen and oxygen atoms in total. The van der Waals surface area contributed by atoms with E-state index in [9.17, 15) is 14.4 Å². The highest BCUT2D eigenvalue weighted by atomic mass is 16.5. The van der Waals surface area contributed by atoms with Crippen molar-refractivity contribution in [2.24, 2.45) is 0 Å². The fourth-order valence-electron chi connectivity index (χ4n) is 2.97. The molecule has 0 radical (unpaired) electrons. The summed E-state index contributed by atoms with van der Waals surface area (Å²) in [5.74, 6) is -1.59. The average Bonchev–Trinajstić information content (AvgIpc) is 3.16. The smallest absolute Gasteiger partial charge is 0.420 e. The van der Waals surface area contributed by atoms with E-state index in [0.29, 0.717) is 11.1 Å². The summed E-state index contributed by atoms with van der Waals surface area (Å²) in [6.07, 6.45) is 3.24. The van der Waals surface area contributed by atoms with Crippen LogP contribution in [-0.4, -0.2) is 28.6 Å². The van der Waals surface area contributed by atoms with Gasteiger partial charge in [-0.1, -0.05) is 25.0 Å². The number of nitrogens with one attached hydrogen (secondary N) is 1. The van der Waals surface area contributed by atoms with E-state index in [1.807, 2.05) is 0 Å². The number of nitrogens with zero attached hydrogens (tertiary/aromatic N) is 1. The van der Waals surface area contributed by atoms with Crippen molar-refractivity contribution in [1.29, 1.82) is 0 Å². The molecule has 0 unspecified atom stereocenters. The van der Waals surface area contributed by atoms with Gasteiger partial charge in [0, 0.05) is 6.04 Å². The first-order valence-electron chi connectivity index (χ1n) is 8.13. The van der Waals surface area contributed by atoms with Crippen LogP contribution in [0.5, 0.6) is 0 Å². The molecule has 2 aromatic rings. The lowest BCUT2D eigenvalue weighted by Gasteiger charge is -2.17. The Morgan fingerprint density at radius 2 is 2.04 bits per heavy atom. The molecule has 24 heavy (non-hydrogen) atoms. The zero-order chi connectivity index (χ0) is 17.1. The highest BCUT2D eigenvalue weighted by Gasteiger charge is 2.23. The van der Waals surface area contributed by atoms with Gasteiger partial charge >= 0.3 is 11.7 Å². The number of ether oxygens (including phenoxy) is 1. The normalized spacial score (nSPS) is 16.2. The standard InChI is InChI=1S/C17H20N2O5/c1-11(16(21)18-12-6-2-3-7-12)23-15(20)10-19-13-8-4-5-9-14(13)24-17(19)22/h4-5,8-9,11-12H,2-3,6-7,10H2,1H3,(H,18,21)/t11-/m0/s1. The fraction of sp³-hybridized carbons (Fsp3) is 0.471. The number of carbonyl (C=O) groups is 2. The minimum atomic E-state index is -0.896. The van der Waals surface area contributed by atoms with Crippen LogP contribution in [0.2, 0.25) is 0 Å². The maximum absolute atomic E-state index is 12.1. The van der Waals surface area contributed by atoms with Crippen LogP contribution in [0.1, 0.15) is 32.6 Å². The molecular formula is C17H20N2O5. The first-order chi connectivity index (χ1) is 11.5. The van der Waals surface area contributed by atoms with Crippen LogP contribution < -0.4 is 11.1 Å². The summed E-state index contributed by atoms with van der Waals surface area (Å²) in [6.45, 7) is 1.23. The average molecular weight is 332 g/mol. The molecule has 1 fully saturated rings. The van der Waals surface area contributed by atoms with Gasteiger partial charge in [0.15, 0.2) is 11.7 Å². The van der Waals surface area contributed by atoms with E-state index in [1.54, 1.807) is 24.3 Å². The van der Waals surface area contributed by atoms with E-state index in [4.69, 9.17) is 9.15 Å². The predicted molar refractivity (Wildman–Crippen MR) is 86.4 cm³/mol. The van der Waals surface area contributed by atoms with Crippen molar-refractivity contribution in [3.05, 3.63) is 34.8 Å². The van der Waals surface area contributed by atoms with Crippen LogP contribution in [0, 0.1) is 0 Å². The Morgan fingerprint density at radius 3 is 2.79 bits per heavy atom. The summed E-state index contributed by atoms with van der Waals surface area (Å²) < 4.78 is 11.4. The first kappa shape index (κ1) is 16.3. The van der Waals surface area contributed by atoms with E-state index < -0.39 is 17.8 Å². The highest BCUT2D eigenvalue weighted by Crippen LogP contribution is 2.18. The maximum Gasteiger partial charge on any atom is 0.420 e. The molecule has 1 atom stereocenters. The van der Waals surface area contributed by atoms with Crippen LogP contribution in [0.4, 0.5) is 0 Å². The number of amides is 1. The van der Waals surface area contributed by atoms with Crippen molar-refractivity contribution in [3.8, 4) is 0 Å². The number of rotatable bonds is 5. The van der Waals surface area contributed by atoms with Crippen molar-refractivity contribution >= 4 is 23.0 Å². The summed E-state index contributed by atoms with van der Waals surface area (Å²) in [4.78, 5) is 35.9. The van der Waals surface area contributed by atoms with E-state index in [0.717, 1.165) is 25.7 Å². The second-order valence-electron chi connectivity index (χ2n) is 6.04. The van der Waals surface area contributed by atoms with Crippen molar-refractivity contribution < 1.29 is 18.7 Å². The van der Waals surface area contributed by atoms with Gasteiger partial charge < -0.3 is 14.5 Å². The Bertz CT molecular complexity index is 801. The molecule has 1 N–H and O–H groups in total. The first-order valence-corrected chi connectivity index (χ1v) is 8.13. The topological polar surface area (TPSA) is 90.5 Å². The van der Waals surface area contributed by atoms with Gasteiger partial charge in [0.25, 0.3) is 5.91 Å². The van der Waals surface area contributed by atoms with E-state index in [2.05, 4.69) is 5.32 Å². The van der Waals surface area contributed by atoms with Crippen molar-refractivity contribution in [2.75, 3.05) is 0 Å². The monoisotopic (exact) mass is 332 g/mol. The Labute approximate surface area is 138 Å². The molecule has 7 heteroatoms. The minimum absolute atomic E-state index is 0.166. The number of aromatic nitrogens is 1. The summed E-state index contributed by atoms with van der Waals surface area (Å²) in [7, 11) is 0. The molecule has 0 bridgehead atoms. The quantitative estimate of drug-likeness (QED) is 0.840. The fourth-order valence-corrected chi connectivity index (χ4v) is 2.97. The Hall–Kier alpha value is -2.57. The number of fused-ring (bicyclic) bond motifs is 1. The van der Waals surface area contributed by atoms with Gasteiger partial charge in [0.1, 0.15) is 6.54 Å². The summed E-state index contributed by atoms with van der Waals surface area (Å²) in [5, 5.41) is 2.88. The van der Waals surface area contributed by atoms with E-state index in [1.165, 1.54) is 11.5 Å². The van der Waals surface area contributed by atoms with Gasteiger partial charge in [-0.2, -0.15) is 0 Å². The molecular weight excluding hydrogens is 312 g/mol. The third-order valence-corrected chi connectivity index (χ3v) is 4.24. The zero-order valence-electron chi connectivity index (χ0n) is 13.5. The van der Waals surface area contributed by atoms with E-state index >= 15 is 0 Å². The largest absolute Gasteiger partial charge is 0.451 e. The lowest BCUT2D eigenvalue weighted by Crippen LogP contribution is -2.41. The molecule has 1 heterocycles. The van der Waals surface area contributed by atoms with Crippen LogP contribution in [-0.2, 0) is 20.9 Å². The lowest BCUT2D eigenvalue weighted by atomic mass is 10.2. The minimum Gasteiger partial charge on any atom is -0.451 e. The molecule has 3 rings (SSSR count). The van der Waals surface area contributed by atoms with Gasteiger partial charge in [-0.25, -0.2) is 4.79 Å². The van der Waals surface area contributed by atoms with Crippen molar-refractivity contribution in [1.82, 2.24) is 9.88 Å². The third kappa shape index (κ3) is 3.50. The number of carbonyl (C=O) groups excluding carboxylic acids is 2. The molecule has 1 saturated carbocycles. The second kappa shape index (κ2) is 6.90. The SMILES string of the molecule is C[C@H](OC(=O)Cn1c(=O)oc2ccccc21)C(=O)NC1CCCC1. The molecule has 128 valence electrons. The highest BCUT2D eigenvalue weighted by molar-refractivity contribution is 5.84. The van der Waals surface area contributed by atoms with Crippen LogP contribution in [0.15, 0.2) is 33.5 Å². The predicted octanol–water partition coefficient (Wildman–Crippen LogP) is 1.58. The maximum atomic E-state index is 12.1. The van der Waals surface area contributed by atoms with Gasteiger partial charge in [-0.3, -0.25) is 14.2 Å². The molecule has 1 aromatic carbocycles. The number of hydrogen-bond donors (Lipinski definition) is 1. The number of oxazole rings is 1. The van der Waals surface area contributed by atoms with Gasteiger partial charge in [-0.15, -0.1) is 0 Å². The molecule has 0 spiro atoms. The molecule has 0 aliphatic heterocycles. The number of esters is 1. The Balaban J connectivity index is 1.61. The van der Waals surface area contributed by atoms with Crippen molar-refractivity contribution in [3.63, 3.8) is 0 Å². The summed E-state index contributed by atoms with van der Waals surface area (Å²) in [5.41, 5.74) is 0.921. The van der Waals surface area contributed by atoms with Gasteiger partial charge in [0.05, 0.1) is 5.52 Å². The van der Waals surface area contributed by atoms with Crippen molar-refractivity contribution in [2.45, 2.75) is 51.3 Å². The second-order valence-corrected chi connectivity index (χ2v) is 6.04. The van der Waals surface area contributed by atoms with Gasteiger partial charge in [-0.05, 0) is 31.9 Å². The zero-order valence-corrected chi connectivity index (χ0v) is 13.5. The number of para-hydroxylation sites is 2. The third-order valence-electron chi connectivity index (χ3n) is 4.24. The molecule has 1 aliphatic carbocycles.